The molecule has 0 N–H and O–H groups in total. The number of allylic oxidation sites excluding steroid dienone is 1. The zero-order chi connectivity index (χ0) is 11.4. The monoisotopic (exact) mass is 212 g/mol. The smallest absolute Gasteiger partial charge is 0.306 e. The normalized spacial score (nSPS) is 24.0. The van der Waals surface area contributed by atoms with Crippen LogP contribution in [-0.4, -0.2) is 30.9 Å². The zero-order valence-corrected chi connectivity index (χ0v) is 8.56. The van der Waals surface area contributed by atoms with Crippen molar-refractivity contribution in [2.45, 2.75) is 19.4 Å². The van der Waals surface area contributed by atoms with Gasteiger partial charge in [0.05, 0.1) is 19.4 Å². The first-order valence-electron chi connectivity index (χ1n) is 4.50. The molecule has 1 rings (SSSR count). The van der Waals surface area contributed by atoms with E-state index in [0.29, 0.717) is 0 Å². The van der Waals surface area contributed by atoms with Crippen LogP contribution in [0.25, 0.3) is 0 Å². The predicted octanol–water partition coefficient (Wildman–Crippen LogP) is 0.236. The van der Waals surface area contributed by atoms with E-state index in [9.17, 15) is 14.4 Å². The van der Waals surface area contributed by atoms with Gasteiger partial charge in [-0.05, 0) is 12.2 Å². The van der Waals surface area contributed by atoms with Crippen molar-refractivity contribution in [2.24, 2.45) is 5.92 Å². The lowest BCUT2D eigenvalue weighted by Crippen LogP contribution is -2.27. The molecule has 82 valence electrons. The molecule has 0 saturated heterocycles. The minimum Gasteiger partial charge on any atom is -0.469 e. The molecule has 0 fully saturated rings. The van der Waals surface area contributed by atoms with Gasteiger partial charge in [-0.3, -0.25) is 14.4 Å². The summed E-state index contributed by atoms with van der Waals surface area (Å²) in [5.41, 5.74) is 0. The highest BCUT2D eigenvalue weighted by atomic mass is 16.5. The second-order valence-electron chi connectivity index (χ2n) is 3.22. The molecule has 2 atom stereocenters. The Labute approximate surface area is 87.0 Å². The van der Waals surface area contributed by atoms with Crippen molar-refractivity contribution in [3.63, 3.8) is 0 Å². The average molecular weight is 212 g/mol. The molecule has 0 spiro atoms. The molecule has 0 bridgehead atoms. The third-order valence-corrected chi connectivity index (χ3v) is 2.13. The number of ether oxygens (including phenoxy) is 2. The lowest BCUT2D eigenvalue weighted by Gasteiger charge is -2.16. The van der Waals surface area contributed by atoms with Crippen LogP contribution in [0.15, 0.2) is 12.2 Å². The summed E-state index contributed by atoms with van der Waals surface area (Å²) in [4.78, 5) is 33.1. The van der Waals surface area contributed by atoms with Crippen LogP contribution < -0.4 is 0 Å². The molecular weight excluding hydrogens is 200 g/mol. The van der Waals surface area contributed by atoms with Crippen LogP contribution in [0.5, 0.6) is 0 Å². The molecule has 2 unspecified atom stereocenters. The lowest BCUT2D eigenvalue weighted by molar-refractivity contribution is -0.151. The van der Waals surface area contributed by atoms with E-state index in [1.54, 1.807) is 0 Å². The summed E-state index contributed by atoms with van der Waals surface area (Å²) < 4.78 is 9.34. The lowest BCUT2D eigenvalue weighted by atomic mass is 10.00. The first-order valence-corrected chi connectivity index (χ1v) is 4.50. The van der Waals surface area contributed by atoms with Gasteiger partial charge < -0.3 is 9.47 Å². The van der Waals surface area contributed by atoms with E-state index in [-0.39, 0.29) is 12.2 Å². The van der Waals surface area contributed by atoms with E-state index < -0.39 is 24.0 Å². The van der Waals surface area contributed by atoms with Gasteiger partial charge in [0.25, 0.3) is 0 Å². The number of carbonyl (C=O) groups excluding carboxylic acids is 3. The van der Waals surface area contributed by atoms with Gasteiger partial charge in [0.2, 0.25) is 0 Å². The SMILES string of the molecule is COC(=O)CC1C(=O)C=CC1OC(C)=O. The van der Waals surface area contributed by atoms with Gasteiger partial charge in [-0.25, -0.2) is 0 Å². The van der Waals surface area contributed by atoms with Gasteiger partial charge in [-0.1, -0.05) is 0 Å². The number of esters is 2. The Hall–Kier alpha value is -1.65. The minimum atomic E-state index is -0.644. The summed E-state index contributed by atoms with van der Waals surface area (Å²) >= 11 is 0. The highest BCUT2D eigenvalue weighted by Crippen LogP contribution is 2.22. The highest BCUT2D eigenvalue weighted by Gasteiger charge is 2.34. The van der Waals surface area contributed by atoms with Gasteiger partial charge in [0, 0.05) is 6.92 Å². The van der Waals surface area contributed by atoms with Gasteiger partial charge in [-0.15, -0.1) is 0 Å². The molecule has 0 heterocycles. The number of rotatable bonds is 3. The predicted molar refractivity (Wildman–Crippen MR) is 49.8 cm³/mol. The van der Waals surface area contributed by atoms with E-state index in [1.807, 2.05) is 0 Å². The van der Waals surface area contributed by atoms with Crippen LogP contribution in [0, 0.1) is 5.92 Å². The summed E-state index contributed by atoms with van der Waals surface area (Å²) in [6, 6.07) is 0. The van der Waals surface area contributed by atoms with Gasteiger partial charge in [0.15, 0.2) is 5.78 Å². The zero-order valence-electron chi connectivity index (χ0n) is 8.56. The minimum absolute atomic E-state index is 0.0692. The summed E-state index contributed by atoms with van der Waals surface area (Å²) in [6.07, 6.45) is 2.09. The molecule has 0 aromatic heterocycles. The molecule has 0 aliphatic heterocycles. The number of hydrogen-bond donors (Lipinski definition) is 0. The Balaban J connectivity index is 2.63. The molecule has 0 saturated carbocycles. The van der Waals surface area contributed by atoms with Gasteiger partial charge in [-0.2, -0.15) is 0 Å². The standard InChI is InChI=1S/C10H12O5/c1-6(11)15-9-4-3-8(12)7(9)5-10(13)14-2/h3-4,7,9H,5H2,1-2H3. The molecule has 0 aromatic carbocycles. The van der Waals surface area contributed by atoms with E-state index in [2.05, 4.69) is 4.74 Å². The second kappa shape index (κ2) is 4.72. The maximum Gasteiger partial charge on any atom is 0.306 e. The van der Waals surface area contributed by atoms with Crippen molar-refractivity contribution in [3.8, 4) is 0 Å². The van der Waals surface area contributed by atoms with Crippen molar-refractivity contribution in [3.05, 3.63) is 12.2 Å². The van der Waals surface area contributed by atoms with E-state index in [0.717, 1.165) is 0 Å². The number of carbonyl (C=O) groups is 3. The van der Waals surface area contributed by atoms with Crippen molar-refractivity contribution in [1.82, 2.24) is 0 Å². The van der Waals surface area contributed by atoms with Crippen LogP contribution in [-0.2, 0) is 23.9 Å². The van der Waals surface area contributed by atoms with E-state index >= 15 is 0 Å². The maximum atomic E-state index is 11.3. The first-order chi connectivity index (χ1) is 7.04. The quantitative estimate of drug-likeness (QED) is 0.626. The molecule has 15 heavy (non-hydrogen) atoms. The molecular formula is C10H12O5. The fourth-order valence-electron chi connectivity index (χ4n) is 1.40. The first kappa shape index (κ1) is 11.4. The summed E-state index contributed by atoms with van der Waals surface area (Å²) in [5.74, 6) is -1.82. The molecule has 5 nitrogen and oxygen atoms in total. The third kappa shape index (κ3) is 2.90. The maximum absolute atomic E-state index is 11.3. The third-order valence-electron chi connectivity index (χ3n) is 2.13. The van der Waals surface area contributed by atoms with E-state index in [4.69, 9.17) is 4.74 Å². The molecule has 1 aliphatic rings. The van der Waals surface area contributed by atoms with Crippen molar-refractivity contribution in [1.29, 1.82) is 0 Å². The van der Waals surface area contributed by atoms with Crippen molar-refractivity contribution < 1.29 is 23.9 Å². The number of methoxy groups -OCH3 is 1. The Kier molecular flexibility index (Phi) is 3.60. The molecule has 0 aromatic rings. The average Bonchev–Trinajstić information content (AvgIpc) is 2.49. The fourth-order valence-corrected chi connectivity index (χ4v) is 1.40. The molecule has 0 radical (unpaired) electrons. The van der Waals surface area contributed by atoms with E-state index in [1.165, 1.54) is 26.2 Å². The van der Waals surface area contributed by atoms with Gasteiger partial charge in [0.1, 0.15) is 6.10 Å². The van der Waals surface area contributed by atoms with Crippen LogP contribution >= 0.6 is 0 Å². The Bertz CT molecular complexity index is 318. The summed E-state index contributed by atoms with van der Waals surface area (Å²) in [5, 5.41) is 0. The Morgan fingerprint density at radius 1 is 1.47 bits per heavy atom. The Morgan fingerprint density at radius 2 is 2.13 bits per heavy atom. The Morgan fingerprint density at radius 3 is 2.67 bits per heavy atom. The van der Waals surface area contributed by atoms with Crippen molar-refractivity contribution in [2.75, 3.05) is 7.11 Å². The molecule has 1 aliphatic carbocycles. The number of ketones is 1. The largest absolute Gasteiger partial charge is 0.469 e. The molecule has 0 amide bonds. The van der Waals surface area contributed by atoms with Crippen LogP contribution in [0.4, 0.5) is 0 Å². The van der Waals surface area contributed by atoms with Crippen LogP contribution in [0.2, 0.25) is 0 Å². The molecule has 5 heteroatoms. The number of hydrogen-bond acceptors (Lipinski definition) is 5. The fraction of sp³-hybridized carbons (Fsp3) is 0.500. The van der Waals surface area contributed by atoms with Crippen LogP contribution in [0.1, 0.15) is 13.3 Å². The van der Waals surface area contributed by atoms with Gasteiger partial charge >= 0.3 is 11.9 Å². The topological polar surface area (TPSA) is 69.7 Å². The highest BCUT2D eigenvalue weighted by molar-refractivity contribution is 5.97. The summed E-state index contributed by atoms with van der Waals surface area (Å²) in [6.45, 7) is 1.26. The van der Waals surface area contributed by atoms with Crippen molar-refractivity contribution >= 4 is 17.7 Å². The van der Waals surface area contributed by atoms with Crippen LogP contribution in [0.3, 0.4) is 0 Å². The second-order valence-corrected chi connectivity index (χ2v) is 3.22. The summed E-state index contributed by atoms with van der Waals surface area (Å²) in [7, 11) is 1.25.